The Kier molecular flexibility index (Phi) is 2.33. The lowest BCUT2D eigenvalue weighted by Gasteiger charge is -2.00. The number of aromatic nitrogens is 1. The summed E-state index contributed by atoms with van der Waals surface area (Å²) in [6.45, 7) is 2.38. The van der Waals surface area contributed by atoms with E-state index in [2.05, 4.69) is 4.98 Å². The van der Waals surface area contributed by atoms with E-state index in [0.717, 1.165) is 22.6 Å². The molecule has 14 heavy (non-hydrogen) atoms. The molecule has 2 rings (SSSR count). The molecule has 2 heterocycles. The van der Waals surface area contributed by atoms with Gasteiger partial charge in [0.2, 0.25) is 0 Å². The minimum absolute atomic E-state index is 0.420. The first kappa shape index (κ1) is 8.97. The molecule has 2 aromatic heterocycles. The fourth-order valence-electron chi connectivity index (χ4n) is 1.47. The van der Waals surface area contributed by atoms with E-state index in [9.17, 15) is 0 Å². The third kappa shape index (κ3) is 1.54. The molecule has 0 aromatic carbocycles. The summed E-state index contributed by atoms with van der Waals surface area (Å²) in [7, 11) is 0. The van der Waals surface area contributed by atoms with Crippen molar-refractivity contribution in [2.24, 2.45) is 5.73 Å². The van der Waals surface area contributed by atoms with Gasteiger partial charge in [-0.25, -0.2) is 0 Å². The van der Waals surface area contributed by atoms with E-state index >= 15 is 0 Å². The lowest BCUT2D eigenvalue weighted by atomic mass is 10.1. The van der Waals surface area contributed by atoms with Gasteiger partial charge in [-0.2, -0.15) is 0 Å². The molecule has 0 fully saturated rings. The summed E-state index contributed by atoms with van der Waals surface area (Å²) < 4.78 is 5.26. The number of furan rings is 1. The topological polar surface area (TPSA) is 52.0 Å². The highest BCUT2D eigenvalue weighted by molar-refractivity contribution is 5.65. The highest BCUT2D eigenvalue weighted by Crippen LogP contribution is 2.24. The number of nitrogens with zero attached hydrogens (tertiary/aromatic N) is 1. The van der Waals surface area contributed by atoms with Gasteiger partial charge in [0.1, 0.15) is 5.76 Å². The van der Waals surface area contributed by atoms with Crippen molar-refractivity contribution in [1.82, 2.24) is 4.98 Å². The summed E-state index contributed by atoms with van der Waals surface area (Å²) in [6.07, 6.45) is 3.45. The minimum Gasteiger partial charge on any atom is -0.467 e. The number of hydrogen-bond donors (Lipinski definition) is 1. The molecule has 72 valence electrons. The molecular weight excluding hydrogens is 176 g/mol. The van der Waals surface area contributed by atoms with E-state index < -0.39 is 0 Å². The molecule has 0 amide bonds. The molecule has 0 radical (unpaired) electrons. The van der Waals surface area contributed by atoms with Crippen molar-refractivity contribution >= 4 is 0 Å². The van der Waals surface area contributed by atoms with E-state index in [4.69, 9.17) is 10.2 Å². The van der Waals surface area contributed by atoms with Crippen LogP contribution in [0.1, 0.15) is 11.5 Å². The third-order valence-corrected chi connectivity index (χ3v) is 2.14. The normalized spacial score (nSPS) is 10.4. The van der Waals surface area contributed by atoms with E-state index in [0.29, 0.717) is 6.54 Å². The summed E-state index contributed by atoms with van der Waals surface area (Å²) in [4.78, 5) is 4.14. The minimum atomic E-state index is 0.420. The Morgan fingerprint density at radius 1 is 1.43 bits per heavy atom. The maximum Gasteiger partial charge on any atom is 0.125 e. The third-order valence-electron chi connectivity index (χ3n) is 2.14. The maximum atomic E-state index is 5.56. The van der Waals surface area contributed by atoms with Crippen molar-refractivity contribution < 1.29 is 4.42 Å². The predicted octanol–water partition coefficient (Wildman–Crippen LogP) is 2.11. The molecule has 0 aliphatic carbocycles. The van der Waals surface area contributed by atoms with Gasteiger partial charge in [-0.15, -0.1) is 0 Å². The van der Waals surface area contributed by atoms with Crippen molar-refractivity contribution in [3.63, 3.8) is 0 Å². The molecule has 0 bridgehead atoms. The Morgan fingerprint density at radius 2 is 2.29 bits per heavy atom. The fourth-order valence-corrected chi connectivity index (χ4v) is 1.47. The van der Waals surface area contributed by atoms with Crippen LogP contribution < -0.4 is 5.73 Å². The van der Waals surface area contributed by atoms with Crippen molar-refractivity contribution in [3.8, 4) is 11.1 Å². The molecule has 0 unspecified atom stereocenters. The van der Waals surface area contributed by atoms with Crippen LogP contribution in [0.25, 0.3) is 11.1 Å². The number of nitrogens with two attached hydrogens (primary N) is 1. The molecule has 0 saturated heterocycles. The monoisotopic (exact) mass is 188 g/mol. The largest absolute Gasteiger partial charge is 0.467 e. The smallest absolute Gasteiger partial charge is 0.125 e. The average molecular weight is 188 g/mol. The Hall–Kier alpha value is -1.61. The highest BCUT2D eigenvalue weighted by atomic mass is 16.3. The molecule has 3 heteroatoms. The first-order valence-corrected chi connectivity index (χ1v) is 4.50. The zero-order valence-electron chi connectivity index (χ0n) is 8.03. The zero-order chi connectivity index (χ0) is 9.97. The van der Waals surface area contributed by atoms with Gasteiger partial charge < -0.3 is 10.2 Å². The van der Waals surface area contributed by atoms with Gasteiger partial charge in [-0.05, 0) is 30.7 Å². The summed E-state index contributed by atoms with van der Waals surface area (Å²) in [6, 6.07) is 5.90. The van der Waals surface area contributed by atoms with Crippen LogP contribution in [0.4, 0.5) is 0 Å². The molecule has 3 nitrogen and oxygen atoms in total. The van der Waals surface area contributed by atoms with Crippen molar-refractivity contribution in [1.29, 1.82) is 0 Å². The first-order valence-electron chi connectivity index (χ1n) is 4.50. The Balaban J connectivity index is 2.49. The lowest BCUT2D eigenvalue weighted by Crippen LogP contribution is -1.96. The molecule has 0 atom stereocenters. The summed E-state index contributed by atoms with van der Waals surface area (Å²) in [5, 5.41) is 0. The molecular formula is C11H12N2O. The van der Waals surface area contributed by atoms with Crippen LogP contribution in [-0.4, -0.2) is 4.98 Å². The molecule has 2 N–H and O–H groups in total. The van der Waals surface area contributed by atoms with E-state index in [1.54, 1.807) is 12.5 Å². The fraction of sp³-hybridized carbons (Fsp3) is 0.182. The van der Waals surface area contributed by atoms with Crippen LogP contribution in [0, 0.1) is 6.92 Å². The van der Waals surface area contributed by atoms with Gasteiger partial charge in [0.05, 0.1) is 12.8 Å². The second-order valence-electron chi connectivity index (χ2n) is 3.15. The van der Waals surface area contributed by atoms with Crippen LogP contribution in [-0.2, 0) is 6.54 Å². The van der Waals surface area contributed by atoms with Gasteiger partial charge in [0.25, 0.3) is 0 Å². The standard InChI is InChI=1S/C11H12N2O/c1-8-6-9(2-4-13-8)10-3-5-14-11(10)7-12/h2-6H,7,12H2,1H3. The van der Waals surface area contributed by atoms with Gasteiger partial charge in [-0.1, -0.05) is 0 Å². The van der Waals surface area contributed by atoms with Crippen molar-refractivity contribution in [2.45, 2.75) is 13.5 Å². The van der Waals surface area contributed by atoms with Crippen LogP contribution in [0.3, 0.4) is 0 Å². The van der Waals surface area contributed by atoms with Gasteiger partial charge >= 0.3 is 0 Å². The zero-order valence-corrected chi connectivity index (χ0v) is 8.03. The number of aryl methyl sites for hydroxylation is 1. The lowest BCUT2D eigenvalue weighted by molar-refractivity contribution is 0.513. The second kappa shape index (κ2) is 3.64. The summed E-state index contributed by atoms with van der Waals surface area (Å²) in [5.74, 6) is 0.815. The average Bonchev–Trinajstić information content (AvgIpc) is 2.65. The molecule has 0 spiro atoms. The van der Waals surface area contributed by atoms with Crippen LogP contribution >= 0.6 is 0 Å². The highest BCUT2D eigenvalue weighted by Gasteiger charge is 2.06. The SMILES string of the molecule is Cc1cc(-c2ccoc2CN)ccn1. The maximum absolute atomic E-state index is 5.56. The summed E-state index contributed by atoms with van der Waals surface area (Å²) in [5.41, 5.74) is 8.71. The Morgan fingerprint density at radius 3 is 3.00 bits per heavy atom. The Bertz CT molecular complexity index is 434. The second-order valence-corrected chi connectivity index (χ2v) is 3.15. The first-order chi connectivity index (χ1) is 6.81. The molecule has 0 aliphatic heterocycles. The van der Waals surface area contributed by atoms with E-state index in [1.807, 2.05) is 25.1 Å². The van der Waals surface area contributed by atoms with E-state index in [-0.39, 0.29) is 0 Å². The van der Waals surface area contributed by atoms with Gasteiger partial charge in [-0.3, -0.25) is 4.98 Å². The number of pyridine rings is 1. The van der Waals surface area contributed by atoms with E-state index in [1.165, 1.54) is 0 Å². The summed E-state index contributed by atoms with van der Waals surface area (Å²) >= 11 is 0. The van der Waals surface area contributed by atoms with Crippen LogP contribution in [0.2, 0.25) is 0 Å². The van der Waals surface area contributed by atoms with Crippen molar-refractivity contribution in [3.05, 3.63) is 42.1 Å². The molecule has 0 saturated carbocycles. The van der Waals surface area contributed by atoms with Gasteiger partial charge in [0, 0.05) is 17.5 Å². The predicted molar refractivity (Wildman–Crippen MR) is 54.6 cm³/mol. The number of rotatable bonds is 2. The van der Waals surface area contributed by atoms with Crippen LogP contribution in [0.15, 0.2) is 35.1 Å². The molecule has 2 aromatic rings. The quantitative estimate of drug-likeness (QED) is 0.785. The Labute approximate surface area is 82.6 Å². The number of hydrogen-bond acceptors (Lipinski definition) is 3. The molecule has 0 aliphatic rings. The van der Waals surface area contributed by atoms with Gasteiger partial charge in [0.15, 0.2) is 0 Å². The van der Waals surface area contributed by atoms with Crippen molar-refractivity contribution in [2.75, 3.05) is 0 Å². The van der Waals surface area contributed by atoms with Crippen LogP contribution in [0.5, 0.6) is 0 Å².